The first-order valence-corrected chi connectivity index (χ1v) is 5.86. The summed E-state index contributed by atoms with van der Waals surface area (Å²) >= 11 is 0. The molecule has 0 amide bonds. The monoisotopic (exact) mass is 229 g/mol. The number of aryl methyl sites for hydroxylation is 1. The molecule has 1 aliphatic carbocycles. The lowest BCUT2D eigenvalue weighted by molar-refractivity contribution is 0.0906. The lowest BCUT2D eigenvalue weighted by Crippen LogP contribution is -2.25. The Balaban J connectivity index is 2.03. The van der Waals surface area contributed by atoms with E-state index in [1.54, 1.807) is 0 Å². The number of nitrogens with two attached hydrogens (primary N) is 1. The Kier molecular flexibility index (Phi) is 2.10. The fourth-order valence-corrected chi connectivity index (χ4v) is 2.26. The van der Waals surface area contributed by atoms with Crippen molar-refractivity contribution < 1.29 is 4.79 Å². The maximum Gasteiger partial charge on any atom is 0.170 e. The molecule has 17 heavy (non-hydrogen) atoms. The predicted octanol–water partition coefficient (Wildman–Crippen LogP) is 1.79. The number of H-pyrrole nitrogens is 1. The van der Waals surface area contributed by atoms with Gasteiger partial charge in [0.05, 0.1) is 11.0 Å². The summed E-state index contributed by atoms with van der Waals surface area (Å²) in [5.41, 5.74) is 7.97. The van der Waals surface area contributed by atoms with Gasteiger partial charge in [0, 0.05) is 17.5 Å². The zero-order valence-corrected chi connectivity index (χ0v) is 9.79. The highest BCUT2D eigenvalue weighted by molar-refractivity contribution is 6.04. The van der Waals surface area contributed by atoms with Crippen molar-refractivity contribution in [1.29, 1.82) is 0 Å². The summed E-state index contributed by atoms with van der Waals surface area (Å²) in [6.07, 6.45) is 1.84. The molecule has 4 heteroatoms. The van der Waals surface area contributed by atoms with Crippen molar-refractivity contribution in [1.82, 2.24) is 9.97 Å². The highest BCUT2D eigenvalue weighted by Crippen LogP contribution is 2.47. The summed E-state index contributed by atoms with van der Waals surface area (Å²) in [4.78, 5) is 19.8. The van der Waals surface area contributed by atoms with Gasteiger partial charge in [-0.2, -0.15) is 0 Å². The number of carbonyl (C=O) groups excluding carboxylic acids is 1. The van der Waals surface area contributed by atoms with E-state index in [-0.39, 0.29) is 11.2 Å². The molecule has 0 aliphatic heterocycles. The molecule has 0 unspecified atom stereocenters. The molecule has 0 atom stereocenters. The minimum Gasteiger partial charge on any atom is -0.342 e. The Bertz CT molecular complexity index is 596. The van der Waals surface area contributed by atoms with E-state index < -0.39 is 0 Å². The van der Waals surface area contributed by atoms with Gasteiger partial charge in [-0.25, -0.2) is 4.98 Å². The molecule has 0 saturated heterocycles. The number of carbonyl (C=O) groups is 1. The number of Topliss-reactive ketones (excluding diaryl/α,β-unsaturated/α-hetero) is 1. The molecule has 2 aromatic rings. The van der Waals surface area contributed by atoms with Gasteiger partial charge in [-0.1, -0.05) is 0 Å². The van der Waals surface area contributed by atoms with E-state index in [2.05, 4.69) is 9.97 Å². The molecule has 3 rings (SSSR count). The minimum absolute atomic E-state index is 0.175. The average Bonchev–Trinajstić information content (AvgIpc) is 3.03. The van der Waals surface area contributed by atoms with E-state index in [1.807, 2.05) is 25.1 Å². The molecular weight excluding hydrogens is 214 g/mol. The maximum absolute atomic E-state index is 12.3. The summed E-state index contributed by atoms with van der Waals surface area (Å²) in [6, 6.07) is 5.62. The second-order valence-corrected chi connectivity index (χ2v) is 4.87. The van der Waals surface area contributed by atoms with E-state index in [0.29, 0.717) is 6.54 Å². The number of hydrogen-bond acceptors (Lipinski definition) is 3. The third kappa shape index (κ3) is 1.56. The van der Waals surface area contributed by atoms with Crippen molar-refractivity contribution in [3.05, 3.63) is 29.6 Å². The Morgan fingerprint density at radius 1 is 1.53 bits per heavy atom. The lowest BCUT2D eigenvalue weighted by atomic mass is 9.95. The number of fused-ring (bicyclic) bond motifs is 1. The Hall–Kier alpha value is -1.68. The zero-order valence-electron chi connectivity index (χ0n) is 9.79. The third-order valence-corrected chi connectivity index (χ3v) is 3.59. The van der Waals surface area contributed by atoms with Crippen LogP contribution >= 0.6 is 0 Å². The molecule has 0 radical (unpaired) electrons. The summed E-state index contributed by atoms with van der Waals surface area (Å²) < 4.78 is 0. The van der Waals surface area contributed by atoms with Crippen molar-refractivity contribution in [3.63, 3.8) is 0 Å². The number of nitrogens with one attached hydrogen (secondary N) is 1. The first-order chi connectivity index (χ1) is 8.14. The van der Waals surface area contributed by atoms with Crippen LogP contribution in [-0.4, -0.2) is 22.3 Å². The first kappa shape index (κ1) is 10.5. The minimum atomic E-state index is -0.275. The molecular formula is C13H15N3O. The molecule has 3 N–H and O–H groups in total. The highest BCUT2D eigenvalue weighted by Gasteiger charge is 2.48. The van der Waals surface area contributed by atoms with E-state index in [9.17, 15) is 4.79 Å². The van der Waals surface area contributed by atoms with E-state index in [0.717, 1.165) is 35.3 Å². The zero-order chi connectivity index (χ0) is 12.0. The number of aromatic amines is 1. The topological polar surface area (TPSA) is 71.8 Å². The number of imidazole rings is 1. The van der Waals surface area contributed by atoms with Gasteiger partial charge in [0.15, 0.2) is 5.78 Å². The lowest BCUT2D eigenvalue weighted by Gasteiger charge is -2.10. The standard InChI is InChI=1S/C13H15N3O/c1-8-15-10-3-2-9(6-11(10)16-8)12(17)13(7-14)4-5-13/h2-3,6H,4-5,7,14H2,1H3,(H,15,16). The van der Waals surface area contributed by atoms with Gasteiger partial charge in [-0.05, 0) is 38.0 Å². The van der Waals surface area contributed by atoms with Crippen molar-refractivity contribution in [3.8, 4) is 0 Å². The highest BCUT2D eigenvalue weighted by atomic mass is 16.1. The van der Waals surface area contributed by atoms with E-state index in [1.165, 1.54) is 0 Å². The second-order valence-electron chi connectivity index (χ2n) is 4.87. The van der Waals surface area contributed by atoms with Crippen LogP contribution in [0, 0.1) is 12.3 Å². The SMILES string of the molecule is Cc1nc2ccc(C(=O)C3(CN)CC3)cc2[nH]1. The van der Waals surface area contributed by atoms with Crippen molar-refractivity contribution in [2.24, 2.45) is 11.1 Å². The van der Waals surface area contributed by atoms with Gasteiger partial charge in [-0.15, -0.1) is 0 Å². The molecule has 88 valence electrons. The van der Waals surface area contributed by atoms with Crippen molar-refractivity contribution >= 4 is 16.8 Å². The second kappa shape index (κ2) is 3.40. The average molecular weight is 229 g/mol. The smallest absolute Gasteiger partial charge is 0.170 e. The van der Waals surface area contributed by atoms with Crippen LogP contribution in [0.3, 0.4) is 0 Å². The van der Waals surface area contributed by atoms with Gasteiger partial charge in [-0.3, -0.25) is 4.79 Å². The van der Waals surface area contributed by atoms with Crippen molar-refractivity contribution in [2.75, 3.05) is 6.54 Å². The molecule has 1 saturated carbocycles. The summed E-state index contributed by atoms with van der Waals surface area (Å²) in [5, 5.41) is 0. The van der Waals surface area contributed by atoms with Crippen LogP contribution < -0.4 is 5.73 Å². The predicted molar refractivity (Wildman–Crippen MR) is 65.9 cm³/mol. The number of nitrogens with zero attached hydrogens (tertiary/aromatic N) is 1. The number of aromatic nitrogens is 2. The Morgan fingerprint density at radius 2 is 2.29 bits per heavy atom. The maximum atomic E-state index is 12.3. The van der Waals surface area contributed by atoms with Crippen molar-refractivity contribution in [2.45, 2.75) is 19.8 Å². The van der Waals surface area contributed by atoms with Crippen LogP contribution in [0.25, 0.3) is 11.0 Å². The molecule has 0 spiro atoms. The van der Waals surface area contributed by atoms with Crippen LogP contribution in [-0.2, 0) is 0 Å². The number of ketones is 1. The molecule has 0 bridgehead atoms. The third-order valence-electron chi connectivity index (χ3n) is 3.59. The fraction of sp³-hybridized carbons (Fsp3) is 0.385. The van der Waals surface area contributed by atoms with Gasteiger partial charge < -0.3 is 10.7 Å². The number of benzene rings is 1. The number of rotatable bonds is 3. The van der Waals surface area contributed by atoms with Crippen LogP contribution in [0.2, 0.25) is 0 Å². The van der Waals surface area contributed by atoms with Gasteiger partial charge in [0.2, 0.25) is 0 Å². The summed E-state index contributed by atoms with van der Waals surface area (Å²) in [6.45, 7) is 2.36. The Morgan fingerprint density at radius 3 is 2.94 bits per heavy atom. The summed E-state index contributed by atoms with van der Waals surface area (Å²) in [7, 11) is 0. The van der Waals surface area contributed by atoms with Gasteiger partial charge in [0.25, 0.3) is 0 Å². The molecule has 1 aromatic carbocycles. The molecule has 4 nitrogen and oxygen atoms in total. The largest absolute Gasteiger partial charge is 0.342 e. The van der Waals surface area contributed by atoms with Gasteiger partial charge in [0.1, 0.15) is 5.82 Å². The molecule has 1 heterocycles. The quantitative estimate of drug-likeness (QED) is 0.788. The Labute approximate surface area is 99.2 Å². The van der Waals surface area contributed by atoms with Crippen LogP contribution in [0.5, 0.6) is 0 Å². The first-order valence-electron chi connectivity index (χ1n) is 5.86. The van der Waals surface area contributed by atoms with Gasteiger partial charge >= 0.3 is 0 Å². The van der Waals surface area contributed by atoms with E-state index in [4.69, 9.17) is 5.73 Å². The van der Waals surface area contributed by atoms with Crippen LogP contribution in [0.15, 0.2) is 18.2 Å². The van der Waals surface area contributed by atoms with Crippen LogP contribution in [0.1, 0.15) is 29.0 Å². The fourth-order valence-electron chi connectivity index (χ4n) is 2.26. The van der Waals surface area contributed by atoms with Crippen LogP contribution in [0.4, 0.5) is 0 Å². The molecule has 1 aromatic heterocycles. The molecule has 1 aliphatic rings. The summed E-state index contributed by atoms with van der Waals surface area (Å²) in [5.74, 6) is 1.04. The normalized spacial score (nSPS) is 17.3. The molecule has 1 fully saturated rings. The van der Waals surface area contributed by atoms with E-state index >= 15 is 0 Å². The number of hydrogen-bond donors (Lipinski definition) is 2.